The maximum absolute atomic E-state index is 14.6. The maximum Gasteiger partial charge on any atom is 0.323 e. The molecule has 3 heterocycles. The minimum absolute atomic E-state index is 0.105. The number of carbonyl (C=O) groups is 1. The third kappa shape index (κ3) is 4.39. The number of nitrogens with zero attached hydrogens (tertiary/aromatic N) is 4. The first kappa shape index (κ1) is 25.4. The minimum Gasteiger partial charge on any atom is -0.497 e. The number of aryl methyl sites for hydroxylation is 1. The summed E-state index contributed by atoms with van der Waals surface area (Å²) in [7, 11) is 1.59. The van der Waals surface area contributed by atoms with E-state index in [2.05, 4.69) is 9.88 Å². The molecule has 1 atom stereocenters. The predicted molar refractivity (Wildman–Crippen MR) is 148 cm³/mol. The van der Waals surface area contributed by atoms with Crippen molar-refractivity contribution in [3.63, 3.8) is 0 Å². The lowest BCUT2D eigenvalue weighted by atomic mass is 10.0. The van der Waals surface area contributed by atoms with Gasteiger partial charge in [-0.15, -0.1) is 0 Å². The number of anilines is 1. The minimum atomic E-state index is -0.851. The number of ether oxygens (including phenoxy) is 1. The first-order valence-electron chi connectivity index (χ1n) is 13.0. The third-order valence-electron chi connectivity index (χ3n) is 7.15. The van der Waals surface area contributed by atoms with E-state index in [4.69, 9.17) is 9.84 Å². The lowest BCUT2D eigenvalue weighted by molar-refractivity contribution is 0.194. The summed E-state index contributed by atoms with van der Waals surface area (Å²) in [6.07, 6.45) is 2.60. The van der Waals surface area contributed by atoms with Crippen LogP contribution in [0.3, 0.4) is 0 Å². The Morgan fingerprint density at radius 3 is 2.60 bits per heavy atom. The molecule has 0 fully saturated rings. The van der Waals surface area contributed by atoms with Crippen LogP contribution in [0.1, 0.15) is 35.5 Å². The number of amides is 2. The van der Waals surface area contributed by atoms with Crippen LogP contribution in [0.15, 0.2) is 91.1 Å². The normalized spacial score (nSPS) is 14.3. The number of urea groups is 1. The van der Waals surface area contributed by atoms with Crippen molar-refractivity contribution in [3.05, 3.63) is 125 Å². The second-order valence-corrected chi connectivity index (χ2v) is 9.51. The van der Waals surface area contributed by atoms with E-state index in [1.165, 1.54) is 6.07 Å². The molecule has 9 heteroatoms. The van der Waals surface area contributed by atoms with E-state index in [0.29, 0.717) is 12.2 Å². The molecule has 2 aromatic heterocycles. The van der Waals surface area contributed by atoms with Crippen molar-refractivity contribution < 1.29 is 18.3 Å². The first-order valence-corrected chi connectivity index (χ1v) is 13.0. The number of benzene rings is 3. The lowest BCUT2D eigenvalue weighted by Gasteiger charge is -2.31. The second kappa shape index (κ2) is 10.3. The van der Waals surface area contributed by atoms with Crippen LogP contribution in [0.5, 0.6) is 5.75 Å². The summed E-state index contributed by atoms with van der Waals surface area (Å²) in [5, 5.41) is 7.61. The van der Waals surface area contributed by atoms with Crippen LogP contribution >= 0.6 is 0 Å². The van der Waals surface area contributed by atoms with Gasteiger partial charge in [0.25, 0.3) is 0 Å². The Hall–Kier alpha value is -4.92. The second-order valence-electron chi connectivity index (χ2n) is 9.51. The highest BCUT2D eigenvalue weighted by molar-refractivity contribution is 5.90. The summed E-state index contributed by atoms with van der Waals surface area (Å²) in [4.78, 5) is 15.7. The van der Waals surface area contributed by atoms with Gasteiger partial charge >= 0.3 is 6.03 Å². The molecule has 7 nitrogen and oxygen atoms in total. The van der Waals surface area contributed by atoms with Gasteiger partial charge in [0.15, 0.2) is 0 Å². The number of aromatic nitrogens is 3. The molecule has 1 aliphatic heterocycles. The lowest BCUT2D eigenvalue weighted by Crippen LogP contribution is -2.38. The van der Waals surface area contributed by atoms with E-state index in [0.717, 1.165) is 46.2 Å². The van der Waals surface area contributed by atoms with Crippen molar-refractivity contribution in [2.75, 3.05) is 12.4 Å². The average molecular weight is 540 g/mol. The van der Waals surface area contributed by atoms with Crippen LogP contribution in [0.2, 0.25) is 0 Å². The maximum atomic E-state index is 14.6. The molecule has 0 aliphatic carbocycles. The van der Waals surface area contributed by atoms with E-state index in [9.17, 15) is 13.6 Å². The highest BCUT2D eigenvalue weighted by Crippen LogP contribution is 2.39. The van der Waals surface area contributed by atoms with E-state index in [-0.39, 0.29) is 12.2 Å². The van der Waals surface area contributed by atoms with Gasteiger partial charge in [-0.2, -0.15) is 5.10 Å². The molecule has 6 rings (SSSR count). The number of fused-ring (bicyclic) bond motifs is 3. The van der Waals surface area contributed by atoms with Gasteiger partial charge < -0.3 is 19.5 Å². The Kier molecular flexibility index (Phi) is 6.55. The molecule has 40 heavy (non-hydrogen) atoms. The predicted octanol–water partition coefficient (Wildman–Crippen LogP) is 6.65. The molecule has 5 aromatic rings. The summed E-state index contributed by atoms with van der Waals surface area (Å²) in [5.74, 6) is -0.0922. The Labute approximate surface area is 230 Å². The standard InChI is InChI=1S/C31H27F2N5O2/c1-3-26-24-19-37(31(39)34-27-15-14-21(32)18-25(27)33)29(20-9-7-12-23(17-20)40-2)28-13-8-16-36(28)30(24)38(35-26)22-10-5-4-6-11-22/h4-18,29H,3,19H2,1-2H3,(H,34,39)/t29-/m0/s1. The Balaban J connectivity index is 1.55. The van der Waals surface area contributed by atoms with Gasteiger partial charge in [0.2, 0.25) is 0 Å². The van der Waals surface area contributed by atoms with E-state index >= 15 is 0 Å². The number of hydrogen-bond acceptors (Lipinski definition) is 3. The number of nitrogens with one attached hydrogen (secondary N) is 1. The fourth-order valence-corrected chi connectivity index (χ4v) is 5.29. The monoisotopic (exact) mass is 539 g/mol. The number of para-hydroxylation sites is 1. The van der Waals surface area contributed by atoms with Crippen molar-refractivity contribution in [3.8, 4) is 17.3 Å². The van der Waals surface area contributed by atoms with Crippen molar-refractivity contribution in [1.29, 1.82) is 0 Å². The van der Waals surface area contributed by atoms with Crippen LogP contribution in [0, 0.1) is 11.6 Å². The molecular formula is C31H27F2N5O2. The largest absolute Gasteiger partial charge is 0.497 e. The quantitative estimate of drug-likeness (QED) is 0.272. The highest BCUT2D eigenvalue weighted by atomic mass is 19.1. The van der Waals surface area contributed by atoms with Crippen LogP contribution in [-0.4, -0.2) is 32.4 Å². The zero-order valence-electron chi connectivity index (χ0n) is 22.0. The van der Waals surface area contributed by atoms with Gasteiger partial charge in [-0.1, -0.05) is 37.3 Å². The van der Waals surface area contributed by atoms with Crippen LogP contribution in [-0.2, 0) is 13.0 Å². The van der Waals surface area contributed by atoms with Crippen molar-refractivity contribution in [2.45, 2.75) is 25.9 Å². The highest BCUT2D eigenvalue weighted by Gasteiger charge is 2.36. The number of rotatable bonds is 5. The van der Waals surface area contributed by atoms with Crippen molar-refractivity contribution in [1.82, 2.24) is 19.2 Å². The van der Waals surface area contributed by atoms with Gasteiger partial charge in [0.1, 0.15) is 23.2 Å². The number of carbonyl (C=O) groups excluding carboxylic acids is 1. The molecule has 3 aromatic carbocycles. The third-order valence-corrected chi connectivity index (χ3v) is 7.15. The molecule has 1 N–H and O–H groups in total. The van der Waals surface area contributed by atoms with Gasteiger partial charge in [-0.05, 0) is 60.5 Å². The molecule has 0 bridgehead atoms. The Morgan fingerprint density at radius 2 is 1.85 bits per heavy atom. The molecule has 2 amide bonds. The van der Waals surface area contributed by atoms with E-state index in [1.54, 1.807) is 12.0 Å². The SMILES string of the molecule is CCc1nn(-c2ccccc2)c2c1CN(C(=O)Nc1ccc(F)cc1F)[C@@H](c1cccc(OC)c1)c1cccn1-2. The Morgan fingerprint density at radius 1 is 1.02 bits per heavy atom. The fourth-order valence-electron chi connectivity index (χ4n) is 5.29. The van der Waals surface area contributed by atoms with Gasteiger partial charge in [-0.3, -0.25) is 0 Å². The number of halogens is 2. The van der Waals surface area contributed by atoms with Crippen LogP contribution in [0.4, 0.5) is 19.3 Å². The molecule has 0 spiro atoms. The molecule has 0 saturated heterocycles. The fraction of sp³-hybridized carbons (Fsp3) is 0.161. The number of hydrogen-bond donors (Lipinski definition) is 1. The van der Waals surface area contributed by atoms with Gasteiger partial charge in [0.05, 0.1) is 42.5 Å². The molecule has 0 radical (unpaired) electrons. The molecule has 1 aliphatic rings. The summed E-state index contributed by atoms with van der Waals surface area (Å²) in [5.41, 5.74) is 4.14. The molecule has 0 unspecified atom stereocenters. The van der Waals surface area contributed by atoms with E-state index in [1.807, 2.05) is 84.5 Å². The van der Waals surface area contributed by atoms with Crippen LogP contribution in [0.25, 0.3) is 11.5 Å². The van der Waals surface area contributed by atoms with E-state index < -0.39 is 23.7 Å². The smallest absolute Gasteiger partial charge is 0.323 e. The summed E-state index contributed by atoms with van der Waals surface area (Å²) in [6.45, 7) is 2.22. The van der Waals surface area contributed by atoms with Gasteiger partial charge in [-0.25, -0.2) is 18.3 Å². The summed E-state index contributed by atoms with van der Waals surface area (Å²) < 4.78 is 37.7. The Bertz CT molecular complexity index is 1700. The zero-order chi connectivity index (χ0) is 27.8. The topological polar surface area (TPSA) is 64.3 Å². The van der Waals surface area contributed by atoms with Crippen molar-refractivity contribution >= 4 is 11.7 Å². The van der Waals surface area contributed by atoms with Crippen LogP contribution < -0.4 is 10.1 Å². The number of methoxy groups -OCH3 is 1. The summed E-state index contributed by atoms with van der Waals surface area (Å²) >= 11 is 0. The molecule has 0 saturated carbocycles. The summed E-state index contributed by atoms with van der Waals surface area (Å²) in [6, 6.07) is 23.3. The zero-order valence-corrected chi connectivity index (χ0v) is 22.0. The molecular weight excluding hydrogens is 512 g/mol. The average Bonchev–Trinajstić information content (AvgIpc) is 3.56. The first-order chi connectivity index (χ1) is 19.5. The molecule has 202 valence electrons. The van der Waals surface area contributed by atoms with Crippen molar-refractivity contribution in [2.24, 2.45) is 0 Å². The van der Waals surface area contributed by atoms with Gasteiger partial charge in [0, 0.05) is 17.8 Å².